The number of ether oxygens (including phenoxy) is 2. The molecule has 0 fully saturated rings. The second-order valence-corrected chi connectivity index (χ2v) is 4.46. The minimum Gasteiger partial charge on any atom is -0.454 e. The second-order valence-electron chi connectivity index (χ2n) is 4.46. The molecule has 0 spiro atoms. The molecule has 1 aliphatic heterocycles. The lowest BCUT2D eigenvalue weighted by Crippen LogP contribution is -2.10. The summed E-state index contributed by atoms with van der Waals surface area (Å²) < 4.78 is 24.6. The van der Waals surface area contributed by atoms with Gasteiger partial charge in [-0.25, -0.2) is 10.3 Å². The van der Waals surface area contributed by atoms with Gasteiger partial charge in [-0.1, -0.05) is 0 Å². The molecule has 1 aromatic rings. The van der Waals surface area contributed by atoms with E-state index in [2.05, 4.69) is 4.84 Å². The van der Waals surface area contributed by atoms with Crippen LogP contribution < -0.4 is 15.4 Å². The van der Waals surface area contributed by atoms with E-state index in [-0.39, 0.29) is 6.79 Å². The Morgan fingerprint density at radius 1 is 1.41 bits per heavy atom. The summed E-state index contributed by atoms with van der Waals surface area (Å²) in [6.07, 6.45) is 0.562. The molecule has 1 heterocycles. The maximum Gasteiger partial charge on any atom is 0.231 e. The van der Waals surface area contributed by atoms with Crippen LogP contribution in [0.5, 0.6) is 11.5 Å². The summed E-state index contributed by atoms with van der Waals surface area (Å²) >= 11 is 0. The molecule has 94 valence electrons. The molecule has 0 radical (unpaired) electrons. The van der Waals surface area contributed by atoms with Gasteiger partial charge in [0.15, 0.2) is 11.5 Å². The van der Waals surface area contributed by atoms with Gasteiger partial charge in [-0.2, -0.15) is 0 Å². The monoisotopic (exact) mass is 241 g/mol. The Bertz CT molecular complexity index is 415. The van der Waals surface area contributed by atoms with E-state index < -0.39 is 5.67 Å². The fraction of sp³-hybridized carbons (Fsp3) is 0.500. The average Bonchev–Trinajstić information content (AvgIpc) is 2.72. The third-order valence-corrected chi connectivity index (χ3v) is 2.73. The lowest BCUT2D eigenvalue weighted by atomic mass is 9.96. The normalized spacial score (nSPS) is 14.1. The number of fused-ring (bicyclic) bond motifs is 1. The second kappa shape index (κ2) is 4.50. The highest BCUT2D eigenvalue weighted by Crippen LogP contribution is 2.40. The van der Waals surface area contributed by atoms with E-state index >= 15 is 0 Å². The first-order valence-corrected chi connectivity index (χ1v) is 5.46. The summed E-state index contributed by atoms with van der Waals surface area (Å²) in [6, 6.07) is 3.45. The molecule has 17 heavy (non-hydrogen) atoms. The van der Waals surface area contributed by atoms with E-state index in [0.717, 1.165) is 5.56 Å². The summed E-state index contributed by atoms with van der Waals surface area (Å²) in [6.45, 7) is 3.54. The molecule has 0 bridgehead atoms. The van der Waals surface area contributed by atoms with Crippen LogP contribution in [-0.2, 0) is 16.9 Å². The molecule has 0 aliphatic carbocycles. The van der Waals surface area contributed by atoms with Crippen molar-refractivity contribution in [1.82, 2.24) is 0 Å². The van der Waals surface area contributed by atoms with E-state index in [1.54, 1.807) is 12.1 Å². The van der Waals surface area contributed by atoms with Crippen LogP contribution in [0.2, 0.25) is 0 Å². The number of alkyl halides is 1. The lowest BCUT2D eigenvalue weighted by Gasteiger charge is -2.17. The number of rotatable bonds is 4. The van der Waals surface area contributed by atoms with Gasteiger partial charge in [0.05, 0.1) is 6.61 Å². The molecule has 4 nitrogen and oxygen atoms in total. The van der Waals surface area contributed by atoms with Gasteiger partial charge in [-0.05, 0) is 31.5 Å². The van der Waals surface area contributed by atoms with E-state index in [9.17, 15) is 4.39 Å². The standard InChI is InChI=1S/C12H16FNO3/c1-12(2,13)9-5-8(3-4-17-14)11-10(6-9)15-7-16-11/h5-6H,3-4,7,14H2,1-2H3. The molecule has 1 aliphatic rings. The van der Waals surface area contributed by atoms with Crippen molar-refractivity contribution in [3.8, 4) is 11.5 Å². The highest BCUT2D eigenvalue weighted by atomic mass is 19.1. The highest BCUT2D eigenvalue weighted by Gasteiger charge is 2.25. The van der Waals surface area contributed by atoms with Gasteiger partial charge in [0.1, 0.15) is 5.67 Å². The largest absolute Gasteiger partial charge is 0.454 e. The summed E-state index contributed by atoms with van der Waals surface area (Å²) in [5.41, 5.74) is -0.000742. The van der Waals surface area contributed by atoms with Crippen molar-refractivity contribution in [2.75, 3.05) is 13.4 Å². The van der Waals surface area contributed by atoms with Crippen LogP contribution in [0.25, 0.3) is 0 Å². The topological polar surface area (TPSA) is 53.7 Å². The molecule has 2 N–H and O–H groups in total. The Balaban J connectivity index is 2.39. The first kappa shape index (κ1) is 12.1. The first-order chi connectivity index (χ1) is 8.02. The van der Waals surface area contributed by atoms with Crippen molar-refractivity contribution in [2.24, 2.45) is 5.90 Å². The Labute approximate surface area is 99.4 Å². The smallest absolute Gasteiger partial charge is 0.231 e. The van der Waals surface area contributed by atoms with Crippen LogP contribution in [0.1, 0.15) is 25.0 Å². The van der Waals surface area contributed by atoms with Crippen molar-refractivity contribution >= 4 is 0 Å². The number of hydrogen-bond acceptors (Lipinski definition) is 4. The Morgan fingerprint density at radius 3 is 2.82 bits per heavy atom. The van der Waals surface area contributed by atoms with E-state index in [1.807, 2.05) is 0 Å². The van der Waals surface area contributed by atoms with Gasteiger partial charge in [0, 0.05) is 12.0 Å². The van der Waals surface area contributed by atoms with Crippen molar-refractivity contribution in [3.05, 3.63) is 23.3 Å². The summed E-state index contributed by atoms with van der Waals surface area (Å²) in [5, 5.41) is 0. The minimum absolute atomic E-state index is 0.169. The molecule has 5 heteroatoms. The maximum absolute atomic E-state index is 13.9. The molecule has 2 rings (SSSR count). The number of hydrogen-bond donors (Lipinski definition) is 1. The van der Waals surface area contributed by atoms with Crippen LogP contribution in [0, 0.1) is 0 Å². The molecule has 0 atom stereocenters. The van der Waals surface area contributed by atoms with Crippen LogP contribution in [0.3, 0.4) is 0 Å². The molecule has 0 saturated carbocycles. The van der Waals surface area contributed by atoms with E-state index in [4.69, 9.17) is 15.4 Å². The van der Waals surface area contributed by atoms with E-state index in [1.165, 1.54) is 13.8 Å². The van der Waals surface area contributed by atoms with Crippen LogP contribution in [-0.4, -0.2) is 13.4 Å². The quantitative estimate of drug-likeness (QED) is 0.820. The van der Waals surface area contributed by atoms with Gasteiger partial charge >= 0.3 is 0 Å². The predicted molar refractivity (Wildman–Crippen MR) is 60.5 cm³/mol. The number of nitrogens with two attached hydrogens (primary N) is 1. The van der Waals surface area contributed by atoms with Crippen molar-refractivity contribution in [1.29, 1.82) is 0 Å². The zero-order valence-corrected chi connectivity index (χ0v) is 9.96. The fourth-order valence-corrected chi connectivity index (χ4v) is 1.78. The van der Waals surface area contributed by atoms with Gasteiger partial charge in [0.25, 0.3) is 0 Å². The minimum atomic E-state index is -1.42. The SMILES string of the molecule is CC(C)(F)c1cc(CCON)c2c(c1)OCO2. The van der Waals surface area contributed by atoms with Gasteiger partial charge < -0.3 is 14.3 Å². The van der Waals surface area contributed by atoms with Crippen LogP contribution >= 0.6 is 0 Å². The molecule has 1 aromatic carbocycles. The molecular weight excluding hydrogens is 225 g/mol. The third kappa shape index (κ3) is 2.50. The molecule has 0 aromatic heterocycles. The van der Waals surface area contributed by atoms with Crippen molar-refractivity contribution in [3.63, 3.8) is 0 Å². The number of halogens is 1. The van der Waals surface area contributed by atoms with Gasteiger partial charge in [-0.3, -0.25) is 0 Å². The maximum atomic E-state index is 13.9. The van der Waals surface area contributed by atoms with Crippen LogP contribution in [0.15, 0.2) is 12.1 Å². The summed E-state index contributed by atoms with van der Waals surface area (Å²) in [7, 11) is 0. The summed E-state index contributed by atoms with van der Waals surface area (Å²) in [4.78, 5) is 4.54. The lowest BCUT2D eigenvalue weighted by molar-refractivity contribution is 0.139. The zero-order chi connectivity index (χ0) is 12.5. The number of benzene rings is 1. The molecule has 0 amide bonds. The van der Waals surface area contributed by atoms with Crippen LogP contribution in [0.4, 0.5) is 4.39 Å². The molecule has 0 unspecified atom stereocenters. The third-order valence-electron chi connectivity index (χ3n) is 2.73. The average molecular weight is 241 g/mol. The summed E-state index contributed by atoms with van der Waals surface area (Å²) in [5.74, 6) is 6.24. The van der Waals surface area contributed by atoms with Gasteiger partial charge in [0.2, 0.25) is 6.79 Å². The zero-order valence-electron chi connectivity index (χ0n) is 9.96. The molecule has 0 saturated heterocycles. The fourth-order valence-electron chi connectivity index (χ4n) is 1.78. The highest BCUT2D eigenvalue weighted by molar-refractivity contribution is 5.52. The first-order valence-electron chi connectivity index (χ1n) is 5.46. The Hall–Kier alpha value is -1.33. The van der Waals surface area contributed by atoms with Crippen molar-refractivity contribution in [2.45, 2.75) is 25.9 Å². The Morgan fingerprint density at radius 2 is 2.18 bits per heavy atom. The van der Waals surface area contributed by atoms with Gasteiger partial charge in [-0.15, -0.1) is 0 Å². The molecular formula is C12H16FNO3. The Kier molecular flexibility index (Phi) is 3.22. The predicted octanol–water partition coefficient (Wildman–Crippen LogP) is 2.05. The van der Waals surface area contributed by atoms with Crippen molar-refractivity contribution < 1.29 is 18.7 Å². The van der Waals surface area contributed by atoms with E-state index in [0.29, 0.717) is 30.1 Å².